The van der Waals surface area contributed by atoms with Crippen LogP contribution in [0.3, 0.4) is 0 Å². The predicted molar refractivity (Wildman–Crippen MR) is 82.8 cm³/mol. The molecule has 2 rings (SSSR count). The number of thiazole rings is 1. The first kappa shape index (κ1) is 14.9. The number of nitrogens with one attached hydrogen (secondary N) is 1. The molecule has 1 fully saturated rings. The van der Waals surface area contributed by atoms with Gasteiger partial charge in [-0.3, -0.25) is 0 Å². The molecule has 2 heterocycles. The van der Waals surface area contributed by atoms with Crippen LogP contribution in [0.25, 0.3) is 0 Å². The SMILES string of the molecule is CCCN1CCC(NC(C)c2ncc(CC)s2)CC1. The second-order valence-corrected chi connectivity index (χ2v) is 6.67. The smallest absolute Gasteiger partial charge is 0.109 e. The van der Waals surface area contributed by atoms with E-state index in [9.17, 15) is 0 Å². The van der Waals surface area contributed by atoms with Crippen LogP contribution in [0.5, 0.6) is 0 Å². The summed E-state index contributed by atoms with van der Waals surface area (Å²) in [5, 5.41) is 5.00. The van der Waals surface area contributed by atoms with E-state index in [4.69, 9.17) is 0 Å². The van der Waals surface area contributed by atoms with Gasteiger partial charge in [-0.25, -0.2) is 4.98 Å². The van der Waals surface area contributed by atoms with E-state index in [-0.39, 0.29) is 0 Å². The minimum atomic E-state index is 0.396. The molecular formula is C15H27N3S. The topological polar surface area (TPSA) is 28.2 Å². The fourth-order valence-corrected chi connectivity index (χ4v) is 3.62. The number of hydrogen-bond donors (Lipinski definition) is 1. The third-order valence-electron chi connectivity index (χ3n) is 3.90. The molecule has 1 N–H and O–H groups in total. The Morgan fingerprint density at radius 3 is 2.74 bits per heavy atom. The number of piperidine rings is 1. The molecule has 1 aliphatic rings. The summed E-state index contributed by atoms with van der Waals surface area (Å²) in [5.74, 6) is 0. The molecule has 19 heavy (non-hydrogen) atoms. The van der Waals surface area contributed by atoms with Crippen molar-refractivity contribution in [1.29, 1.82) is 0 Å². The molecule has 0 saturated carbocycles. The number of rotatable bonds is 6. The first-order valence-corrected chi connectivity index (χ1v) is 8.47. The largest absolute Gasteiger partial charge is 0.305 e. The molecule has 1 aromatic heterocycles. The van der Waals surface area contributed by atoms with Crippen LogP contribution in [0.4, 0.5) is 0 Å². The molecule has 1 saturated heterocycles. The van der Waals surface area contributed by atoms with Crippen LogP contribution in [0, 0.1) is 0 Å². The molecular weight excluding hydrogens is 254 g/mol. The van der Waals surface area contributed by atoms with Gasteiger partial charge < -0.3 is 10.2 Å². The van der Waals surface area contributed by atoms with Crippen LogP contribution < -0.4 is 5.32 Å². The van der Waals surface area contributed by atoms with E-state index in [0.717, 1.165) is 6.42 Å². The minimum absolute atomic E-state index is 0.396. The lowest BCUT2D eigenvalue weighted by molar-refractivity contribution is 0.192. The van der Waals surface area contributed by atoms with Gasteiger partial charge in [0, 0.05) is 17.1 Å². The number of aryl methyl sites for hydroxylation is 1. The molecule has 0 amide bonds. The van der Waals surface area contributed by atoms with E-state index in [1.54, 1.807) is 0 Å². The van der Waals surface area contributed by atoms with Gasteiger partial charge >= 0.3 is 0 Å². The second kappa shape index (κ2) is 7.36. The van der Waals surface area contributed by atoms with Gasteiger partial charge in [0.25, 0.3) is 0 Å². The molecule has 4 heteroatoms. The highest BCUT2D eigenvalue weighted by atomic mass is 32.1. The van der Waals surface area contributed by atoms with Crippen LogP contribution in [0.15, 0.2) is 6.20 Å². The zero-order valence-electron chi connectivity index (χ0n) is 12.5. The summed E-state index contributed by atoms with van der Waals surface area (Å²) in [6.07, 6.45) is 6.95. The van der Waals surface area contributed by atoms with Gasteiger partial charge in [-0.1, -0.05) is 13.8 Å². The minimum Gasteiger partial charge on any atom is -0.305 e. The van der Waals surface area contributed by atoms with E-state index in [2.05, 4.69) is 36.0 Å². The van der Waals surface area contributed by atoms with Crippen molar-refractivity contribution in [3.63, 3.8) is 0 Å². The van der Waals surface area contributed by atoms with Crippen molar-refractivity contribution in [2.24, 2.45) is 0 Å². The molecule has 0 spiro atoms. The van der Waals surface area contributed by atoms with Gasteiger partial charge in [0.1, 0.15) is 5.01 Å². The third kappa shape index (κ3) is 4.26. The van der Waals surface area contributed by atoms with Crippen molar-refractivity contribution in [2.45, 2.75) is 58.5 Å². The van der Waals surface area contributed by atoms with Crippen molar-refractivity contribution < 1.29 is 0 Å². The van der Waals surface area contributed by atoms with E-state index < -0.39 is 0 Å². The van der Waals surface area contributed by atoms with Gasteiger partial charge in [-0.05, 0) is 52.2 Å². The summed E-state index contributed by atoms with van der Waals surface area (Å²) in [6, 6.07) is 1.06. The fourth-order valence-electron chi connectivity index (χ4n) is 2.75. The lowest BCUT2D eigenvalue weighted by atomic mass is 10.0. The van der Waals surface area contributed by atoms with Crippen LogP contribution in [0.1, 0.15) is 56.0 Å². The Hall–Kier alpha value is -0.450. The molecule has 0 aromatic carbocycles. The molecule has 0 radical (unpaired) electrons. The highest BCUT2D eigenvalue weighted by Crippen LogP contribution is 2.22. The molecule has 1 atom stereocenters. The summed E-state index contributed by atoms with van der Waals surface area (Å²) < 4.78 is 0. The summed E-state index contributed by atoms with van der Waals surface area (Å²) in [4.78, 5) is 8.52. The zero-order valence-corrected chi connectivity index (χ0v) is 13.3. The maximum atomic E-state index is 4.54. The maximum Gasteiger partial charge on any atom is 0.109 e. The van der Waals surface area contributed by atoms with Gasteiger partial charge in [-0.15, -0.1) is 11.3 Å². The van der Waals surface area contributed by atoms with Crippen LogP contribution >= 0.6 is 11.3 Å². The van der Waals surface area contributed by atoms with Gasteiger partial charge in [-0.2, -0.15) is 0 Å². The summed E-state index contributed by atoms with van der Waals surface area (Å²) in [7, 11) is 0. The number of hydrogen-bond acceptors (Lipinski definition) is 4. The molecule has 0 aliphatic carbocycles. The summed E-state index contributed by atoms with van der Waals surface area (Å²) in [6.45, 7) is 10.5. The molecule has 108 valence electrons. The maximum absolute atomic E-state index is 4.54. The average Bonchev–Trinajstić information content (AvgIpc) is 2.90. The van der Waals surface area contributed by atoms with Crippen LogP contribution in [-0.4, -0.2) is 35.6 Å². The molecule has 1 unspecified atom stereocenters. The number of aromatic nitrogens is 1. The van der Waals surface area contributed by atoms with Gasteiger partial charge in [0.15, 0.2) is 0 Å². The monoisotopic (exact) mass is 281 g/mol. The Balaban J connectivity index is 1.78. The predicted octanol–water partition coefficient (Wildman–Crippen LogP) is 3.23. The van der Waals surface area contributed by atoms with Crippen molar-refractivity contribution >= 4 is 11.3 Å². The van der Waals surface area contributed by atoms with Crippen molar-refractivity contribution in [3.8, 4) is 0 Å². The summed E-state index contributed by atoms with van der Waals surface area (Å²) in [5.41, 5.74) is 0. The molecule has 1 aromatic rings. The van der Waals surface area contributed by atoms with Crippen molar-refractivity contribution in [1.82, 2.24) is 15.2 Å². The zero-order chi connectivity index (χ0) is 13.7. The van der Waals surface area contributed by atoms with Crippen LogP contribution in [0.2, 0.25) is 0 Å². The number of likely N-dealkylation sites (tertiary alicyclic amines) is 1. The first-order chi connectivity index (χ1) is 9.22. The second-order valence-electron chi connectivity index (χ2n) is 5.52. The van der Waals surface area contributed by atoms with Crippen molar-refractivity contribution in [2.75, 3.05) is 19.6 Å². The van der Waals surface area contributed by atoms with Crippen LogP contribution in [-0.2, 0) is 6.42 Å². The quantitative estimate of drug-likeness (QED) is 0.867. The average molecular weight is 281 g/mol. The Kier molecular flexibility index (Phi) is 5.79. The standard InChI is InChI=1S/C15H27N3S/c1-4-8-18-9-6-13(7-10-18)17-12(3)15-16-11-14(5-2)19-15/h11-13,17H,4-10H2,1-3H3. The first-order valence-electron chi connectivity index (χ1n) is 7.66. The van der Waals surface area contributed by atoms with E-state index in [0.29, 0.717) is 12.1 Å². The van der Waals surface area contributed by atoms with Gasteiger partial charge in [0.2, 0.25) is 0 Å². The fraction of sp³-hybridized carbons (Fsp3) is 0.800. The van der Waals surface area contributed by atoms with E-state index in [1.807, 2.05) is 17.5 Å². The Morgan fingerprint density at radius 1 is 1.42 bits per heavy atom. The van der Waals surface area contributed by atoms with E-state index in [1.165, 1.54) is 48.8 Å². The Labute approximate surface area is 121 Å². The molecule has 0 bridgehead atoms. The van der Waals surface area contributed by atoms with Gasteiger partial charge in [0.05, 0.1) is 6.04 Å². The lowest BCUT2D eigenvalue weighted by Crippen LogP contribution is -2.43. The lowest BCUT2D eigenvalue weighted by Gasteiger charge is -2.33. The highest BCUT2D eigenvalue weighted by molar-refractivity contribution is 7.11. The third-order valence-corrected chi connectivity index (χ3v) is 5.23. The Morgan fingerprint density at radius 2 is 2.16 bits per heavy atom. The van der Waals surface area contributed by atoms with E-state index >= 15 is 0 Å². The molecule has 3 nitrogen and oxygen atoms in total. The molecule has 1 aliphatic heterocycles. The number of nitrogens with zero attached hydrogens (tertiary/aromatic N) is 2. The van der Waals surface area contributed by atoms with Crippen molar-refractivity contribution in [3.05, 3.63) is 16.1 Å². The summed E-state index contributed by atoms with van der Waals surface area (Å²) >= 11 is 1.85. The Bertz CT molecular complexity index is 369. The highest BCUT2D eigenvalue weighted by Gasteiger charge is 2.21. The normalized spacial score (nSPS) is 19.7.